The fourth-order valence-electron chi connectivity index (χ4n) is 3.43. The van der Waals surface area contributed by atoms with E-state index in [1.54, 1.807) is 6.07 Å². The standard InChI is InChI=1S/C20H18N2O2/c1-12-5-6-14(16-8-10-18(24)21-19(12)16)11-15-4-2-3-13-7-9-17(23)22-20(13)15/h2-6,8,10H,7,9,11H2,1H3,(H,21,24)(H,22,23). The van der Waals surface area contributed by atoms with Crippen molar-refractivity contribution in [1.29, 1.82) is 0 Å². The number of hydrogen-bond acceptors (Lipinski definition) is 2. The van der Waals surface area contributed by atoms with Crippen LogP contribution in [-0.2, 0) is 17.6 Å². The molecule has 0 bridgehead atoms. The van der Waals surface area contributed by atoms with Crippen molar-refractivity contribution in [3.05, 3.63) is 75.1 Å². The molecule has 1 aliphatic heterocycles. The maximum absolute atomic E-state index is 11.8. The third-order valence-electron chi connectivity index (χ3n) is 4.70. The molecule has 0 unspecified atom stereocenters. The van der Waals surface area contributed by atoms with E-state index in [0.29, 0.717) is 12.8 Å². The molecule has 0 spiro atoms. The van der Waals surface area contributed by atoms with E-state index in [1.165, 1.54) is 5.56 Å². The monoisotopic (exact) mass is 318 g/mol. The van der Waals surface area contributed by atoms with E-state index in [1.807, 2.05) is 25.1 Å². The van der Waals surface area contributed by atoms with Crippen molar-refractivity contribution in [2.75, 3.05) is 5.32 Å². The molecule has 120 valence electrons. The topological polar surface area (TPSA) is 62.0 Å². The Balaban J connectivity index is 1.83. The molecule has 3 aromatic rings. The lowest BCUT2D eigenvalue weighted by Crippen LogP contribution is -2.20. The van der Waals surface area contributed by atoms with Crippen LogP contribution in [0.5, 0.6) is 0 Å². The molecular weight excluding hydrogens is 300 g/mol. The summed E-state index contributed by atoms with van der Waals surface area (Å²) in [6.07, 6.45) is 2.05. The molecular formula is C20H18N2O2. The fourth-order valence-corrected chi connectivity index (χ4v) is 3.43. The van der Waals surface area contributed by atoms with Crippen molar-refractivity contribution in [3.8, 4) is 0 Å². The number of carbonyl (C=O) groups is 1. The van der Waals surface area contributed by atoms with Crippen LogP contribution in [0.3, 0.4) is 0 Å². The number of carbonyl (C=O) groups excluding carboxylic acids is 1. The molecule has 4 rings (SSSR count). The average Bonchev–Trinajstić information content (AvgIpc) is 2.58. The van der Waals surface area contributed by atoms with Gasteiger partial charge >= 0.3 is 0 Å². The highest BCUT2D eigenvalue weighted by atomic mass is 16.1. The predicted molar refractivity (Wildman–Crippen MR) is 95.5 cm³/mol. The molecule has 0 radical (unpaired) electrons. The molecule has 4 heteroatoms. The largest absolute Gasteiger partial charge is 0.326 e. The second-order valence-corrected chi connectivity index (χ2v) is 6.33. The van der Waals surface area contributed by atoms with E-state index in [0.717, 1.165) is 39.7 Å². The van der Waals surface area contributed by atoms with Crippen LogP contribution in [0.25, 0.3) is 10.9 Å². The van der Waals surface area contributed by atoms with E-state index in [-0.39, 0.29) is 11.5 Å². The van der Waals surface area contributed by atoms with Gasteiger partial charge in [0, 0.05) is 30.0 Å². The van der Waals surface area contributed by atoms with Gasteiger partial charge in [0.05, 0.1) is 5.52 Å². The van der Waals surface area contributed by atoms with E-state index in [9.17, 15) is 9.59 Å². The first kappa shape index (κ1) is 14.7. The van der Waals surface area contributed by atoms with Crippen LogP contribution in [0.2, 0.25) is 0 Å². The Kier molecular flexibility index (Phi) is 3.45. The molecule has 1 aromatic heterocycles. The third kappa shape index (κ3) is 2.50. The highest BCUT2D eigenvalue weighted by Gasteiger charge is 2.18. The lowest BCUT2D eigenvalue weighted by atomic mass is 9.93. The summed E-state index contributed by atoms with van der Waals surface area (Å²) < 4.78 is 0. The zero-order valence-corrected chi connectivity index (χ0v) is 13.5. The van der Waals surface area contributed by atoms with Gasteiger partial charge in [-0.2, -0.15) is 0 Å². The number of aryl methyl sites for hydroxylation is 2. The summed E-state index contributed by atoms with van der Waals surface area (Å²) in [5.74, 6) is 0.0769. The van der Waals surface area contributed by atoms with Gasteiger partial charge in [-0.25, -0.2) is 0 Å². The van der Waals surface area contributed by atoms with Crippen molar-refractivity contribution >= 4 is 22.5 Å². The van der Waals surface area contributed by atoms with Crippen LogP contribution in [0.1, 0.15) is 28.7 Å². The predicted octanol–water partition coefficient (Wildman–Crippen LogP) is 3.31. The summed E-state index contributed by atoms with van der Waals surface area (Å²) in [4.78, 5) is 26.3. The van der Waals surface area contributed by atoms with Gasteiger partial charge in [-0.1, -0.05) is 30.3 Å². The number of aromatic nitrogens is 1. The average molecular weight is 318 g/mol. The second kappa shape index (κ2) is 5.64. The Hall–Kier alpha value is -2.88. The van der Waals surface area contributed by atoms with Crippen LogP contribution < -0.4 is 10.9 Å². The summed E-state index contributed by atoms with van der Waals surface area (Å²) >= 11 is 0. The van der Waals surface area contributed by atoms with E-state index in [4.69, 9.17) is 0 Å². The van der Waals surface area contributed by atoms with Gasteiger partial charge in [0.25, 0.3) is 0 Å². The Labute approximate surface area is 139 Å². The summed E-state index contributed by atoms with van der Waals surface area (Å²) in [5.41, 5.74) is 6.23. The highest BCUT2D eigenvalue weighted by Crippen LogP contribution is 2.30. The Morgan fingerprint density at radius 3 is 2.71 bits per heavy atom. The molecule has 24 heavy (non-hydrogen) atoms. The van der Waals surface area contributed by atoms with E-state index in [2.05, 4.69) is 28.5 Å². The Morgan fingerprint density at radius 2 is 1.83 bits per heavy atom. The summed E-state index contributed by atoms with van der Waals surface area (Å²) in [6, 6.07) is 13.7. The molecule has 2 heterocycles. The fraction of sp³-hybridized carbons (Fsp3) is 0.200. The molecule has 0 aliphatic carbocycles. The van der Waals surface area contributed by atoms with Crippen molar-refractivity contribution < 1.29 is 4.79 Å². The number of hydrogen-bond donors (Lipinski definition) is 2. The van der Waals surface area contributed by atoms with Gasteiger partial charge in [-0.05, 0) is 41.7 Å². The number of H-pyrrole nitrogens is 1. The van der Waals surface area contributed by atoms with Crippen LogP contribution >= 0.6 is 0 Å². The molecule has 0 saturated heterocycles. The number of anilines is 1. The Bertz CT molecular complexity index is 1020. The lowest BCUT2D eigenvalue weighted by molar-refractivity contribution is -0.116. The van der Waals surface area contributed by atoms with Crippen molar-refractivity contribution in [2.24, 2.45) is 0 Å². The lowest BCUT2D eigenvalue weighted by Gasteiger charge is -2.20. The van der Waals surface area contributed by atoms with Gasteiger partial charge < -0.3 is 10.3 Å². The molecule has 1 amide bonds. The number of pyridine rings is 1. The van der Waals surface area contributed by atoms with Gasteiger partial charge in [-0.3, -0.25) is 9.59 Å². The number of para-hydroxylation sites is 1. The van der Waals surface area contributed by atoms with Crippen molar-refractivity contribution in [3.63, 3.8) is 0 Å². The van der Waals surface area contributed by atoms with E-state index >= 15 is 0 Å². The molecule has 2 aromatic carbocycles. The van der Waals surface area contributed by atoms with Crippen molar-refractivity contribution in [2.45, 2.75) is 26.2 Å². The SMILES string of the molecule is Cc1ccc(Cc2cccc3c2NC(=O)CC3)c2ccc(=O)[nH]c12. The van der Waals surface area contributed by atoms with E-state index < -0.39 is 0 Å². The number of nitrogens with one attached hydrogen (secondary N) is 2. The van der Waals surface area contributed by atoms with Crippen LogP contribution in [0, 0.1) is 6.92 Å². The first-order chi connectivity index (χ1) is 11.6. The summed E-state index contributed by atoms with van der Waals surface area (Å²) in [5, 5.41) is 4.07. The minimum atomic E-state index is -0.0906. The smallest absolute Gasteiger partial charge is 0.248 e. The maximum Gasteiger partial charge on any atom is 0.248 e. The molecule has 0 saturated carbocycles. The third-order valence-corrected chi connectivity index (χ3v) is 4.70. The zero-order chi connectivity index (χ0) is 16.7. The van der Waals surface area contributed by atoms with Gasteiger partial charge in [0.1, 0.15) is 0 Å². The normalized spacial score (nSPS) is 13.6. The van der Waals surface area contributed by atoms with Gasteiger partial charge in [0.2, 0.25) is 11.5 Å². The second-order valence-electron chi connectivity index (χ2n) is 6.33. The molecule has 2 N–H and O–H groups in total. The number of amides is 1. The summed E-state index contributed by atoms with van der Waals surface area (Å²) in [7, 11) is 0. The van der Waals surface area contributed by atoms with Crippen molar-refractivity contribution in [1.82, 2.24) is 4.98 Å². The molecule has 0 atom stereocenters. The Morgan fingerprint density at radius 1 is 0.958 bits per heavy atom. The van der Waals surface area contributed by atoms with Gasteiger partial charge in [0.15, 0.2) is 0 Å². The minimum Gasteiger partial charge on any atom is -0.326 e. The molecule has 1 aliphatic rings. The minimum absolute atomic E-state index is 0.0769. The first-order valence-corrected chi connectivity index (χ1v) is 8.14. The highest BCUT2D eigenvalue weighted by molar-refractivity contribution is 5.95. The summed E-state index contributed by atoms with van der Waals surface area (Å²) in [6.45, 7) is 1.99. The number of aromatic amines is 1. The zero-order valence-electron chi connectivity index (χ0n) is 13.5. The first-order valence-electron chi connectivity index (χ1n) is 8.14. The van der Waals surface area contributed by atoms with Crippen LogP contribution in [0.4, 0.5) is 5.69 Å². The molecule has 0 fully saturated rings. The quantitative estimate of drug-likeness (QED) is 0.761. The van der Waals surface area contributed by atoms with Gasteiger partial charge in [-0.15, -0.1) is 0 Å². The van der Waals surface area contributed by atoms with Crippen LogP contribution in [-0.4, -0.2) is 10.9 Å². The number of fused-ring (bicyclic) bond motifs is 2. The maximum atomic E-state index is 11.8. The molecule has 4 nitrogen and oxygen atoms in total. The van der Waals surface area contributed by atoms with Crippen LogP contribution in [0.15, 0.2) is 47.3 Å². The number of benzene rings is 2. The number of rotatable bonds is 2.